The maximum absolute atomic E-state index is 14.2. The van der Waals surface area contributed by atoms with E-state index in [4.69, 9.17) is 4.74 Å². The third kappa shape index (κ3) is 3.43. The quantitative estimate of drug-likeness (QED) is 0.802. The molecular formula is C22H23F3N2O3. The molecule has 2 aromatic rings. The molecule has 0 saturated carbocycles. The predicted molar refractivity (Wildman–Crippen MR) is 107 cm³/mol. The first-order valence-electron chi connectivity index (χ1n) is 9.81. The number of alkyl halides is 3. The maximum Gasteiger partial charge on any atom is 0.418 e. The molecular weight excluding hydrogens is 397 g/mol. The Bertz CT molecular complexity index is 1070. The number of pyridine rings is 1. The highest BCUT2D eigenvalue weighted by molar-refractivity contribution is 5.74. The molecule has 1 aromatic carbocycles. The zero-order valence-corrected chi connectivity index (χ0v) is 16.8. The fourth-order valence-electron chi connectivity index (χ4n) is 4.43. The molecule has 160 valence electrons. The molecule has 2 aliphatic rings. The summed E-state index contributed by atoms with van der Waals surface area (Å²) in [6.45, 7) is 3.14. The highest BCUT2D eigenvalue weighted by Gasteiger charge is 2.56. The van der Waals surface area contributed by atoms with Crippen LogP contribution in [0.3, 0.4) is 0 Å². The molecule has 1 atom stereocenters. The number of benzene rings is 1. The van der Waals surface area contributed by atoms with Crippen LogP contribution in [0.15, 0.2) is 40.2 Å². The van der Waals surface area contributed by atoms with Crippen molar-refractivity contribution in [1.82, 2.24) is 4.57 Å². The van der Waals surface area contributed by atoms with Crippen LogP contribution in [-0.2, 0) is 24.8 Å². The van der Waals surface area contributed by atoms with Gasteiger partial charge in [0.15, 0.2) is 5.60 Å². The second kappa shape index (κ2) is 6.97. The van der Waals surface area contributed by atoms with Crippen LogP contribution in [0.25, 0.3) is 0 Å². The van der Waals surface area contributed by atoms with Gasteiger partial charge in [0.1, 0.15) is 11.4 Å². The average Bonchev–Trinajstić information content (AvgIpc) is 3.31. The molecule has 1 unspecified atom stereocenters. The maximum atomic E-state index is 14.2. The van der Waals surface area contributed by atoms with Crippen molar-refractivity contribution < 1.29 is 23.0 Å². The smallest absolute Gasteiger partial charge is 0.418 e. The SMILES string of the molecule is CC(C)(CC(O)(Cn1ccc(=O)c2c1CC=N2)C(F)(F)F)c1cccc2c1OCC2. The largest absolute Gasteiger partial charge is 0.493 e. The van der Waals surface area contributed by atoms with E-state index in [9.17, 15) is 23.1 Å². The third-order valence-electron chi connectivity index (χ3n) is 5.90. The van der Waals surface area contributed by atoms with Crippen LogP contribution >= 0.6 is 0 Å². The van der Waals surface area contributed by atoms with E-state index in [1.54, 1.807) is 19.9 Å². The van der Waals surface area contributed by atoms with Crippen molar-refractivity contribution in [2.75, 3.05) is 6.61 Å². The molecule has 0 radical (unpaired) electrons. The number of halogens is 3. The molecule has 8 heteroatoms. The van der Waals surface area contributed by atoms with E-state index in [1.807, 2.05) is 12.1 Å². The summed E-state index contributed by atoms with van der Waals surface area (Å²) in [4.78, 5) is 15.9. The summed E-state index contributed by atoms with van der Waals surface area (Å²) < 4.78 is 49.4. The molecule has 0 bridgehead atoms. The van der Waals surface area contributed by atoms with Gasteiger partial charge in [0.2, 0.25) is 5.43 Å². The summed E-state index contributed by atoms with van der Waals surface area (Å²) in [7, 11) is 0. The first kappa shape index (κ1) is 20.7. The summed E-state index contributed by atoms with van der Waals surface area (Å²) >= 11 is 0. The molecule has 3 heterocycles. The monoisotopic (exact) mass is 420 g/mol. The van der Waals surface area contributed by atoms with Crippen molar-refractivity contribution >= 4 is 11.9 Å². The molecule has 0 saturated heterocycles. The number of fused-ring (bicyclic) bond motifs is 2. The number of hydrogen-bond donors (Lipinski definition) is 1. The molecule has 1 aromatic heterocycles. The van der Waals surface area contributed by atoms with Crippen LogP contribution in [0.5, 0.6) is 5.75 Å². The Morgan fingerprint density at radius 2 is 2.00 bits per heavy atom. The van der Waals surface area contributed by atoms with Gasteiger partial charge in [0, 0.05) is 36.9 Å². The Morgan fingerprint density at radius 3 is 2.73 bits per heavy atom. The van der Waals surface area contributed by atoms with Crippen molar-refractivity contribution in [2.24, 2.45) is 4.99 Å². The number of ether oxygens (including phenoxy) is 1. The third-order valence-corrected chi connectivity index (χ3v) is 5.90. The van der Waals surface area contributed by atoms with E-state index in [-0.39, 0.29) is 17.5 Å². The minimum Gasteiger partial charge on any atom is -0.493 e. The summed E-state index contributed by atoms with van der Waals surface area (Å²) in [6, 6.07) is 6.65. The summed E-state index contributed by atoms with van der Waals surface area (Å²) in [5.74, 6) is 0.615. The lowest BCUT2D eigenvalue weighted by atomic mass is 9.74. The molecule has 5 nitrogen and oxygen atoms in total. The van der Waals surface area contributed by atoms with Gasteiger partial charge in [-0.15, -0.1) is 0 Å². The molecule has 2 aliphatic heterocycles. The first-order valence-corrected chi connectivity index (χ1v) is 9.81. The molecule has 0 fully saturated rings. The van der Waals surface area contributed by atoms with Crippen LogP contribution in [0.1, 0.15) is 37.1 Å². The summed E-state index contributed by atoms with van der Waals surface area (Å²) in [5, 5.41) is 10.9. The zero-order valence-electron chi connectivity index (χ0n) is 16.8. The Hall–Kier alpha value is -2.61. The molecule has 4 rings (SSSR count). The lowest BCUT2D eigenvalue weighted by Gasteiger charge is -2.39. The van der Waals surface area contributed by atoms with Crippen molar-refractivity contribution in [3.8, 4) is 5.75 Å². The van der Waals surface area contributed by atoms with Crippen molar-refractivity contribution in [2.45, 2.75) is 56.8 Å². The number of nitrogens with zero attached hydrogens (tertiary/aromatic N) is 2. The molecule has 0 spiro atoms. The minimum absolute atomic E-state index is 0.135. The van der Waals surface area contributed by atoms with Crippen molar-refractivity contribution in [3.63, 3.8) is 0 Å². The lowest BCUT2D eigenvalue weighted by Crippen LogP contribution is -2.52. The fourth-order valence-corrected chi connectivity index (χ4v) is 4.43. The second-order valence-corrected chi connectivity index (χ2v) is 8.60. The highest BCUT2D eigenvalue weighted by Crippen LogP contribution is 2.46. The van der Waals surface area contributed by atoms with Gasteiger partial charge in [0.25, 0.3) is 0 Å². The number of hydrogen-bond acceptors (Lipinski definition) is 4. The van der Waals surface area contributed by atoms with Crippen molar-refractivity contribution in [1.29, 1.82) is 0 Å². The fraction of sp³-hybridized carbons (Fsp3) is 0.455. The van der Waals surface area contributed by atoms with E-state index < -0.39 is 30.2 Å². The van der Waals surface area contributed by atoms with E-state index in [0.717, 1.165) is 5.56 Å². The van der Waals surface area contributed by atoms with Gasteiger partial charge in [0.05, 0.1) is 18.8 Å². The van der Waals surface area contributed by atoms with E-state index in [0.29, 0.717) is 30.0 Å². The Kier molecular flexibility index (Phi) is 4.80. The Balaban J connectivity index is 1.71. The van der Waals surface area contributed by atoms with Gasteiger partial charge in [-0.3, -0.25) is 9.79 Å². The van der Waals surface area contributed by atoms with Crippen LogP contribution in [-0.4, -0.2) is 34.3 Å². The van der Waals surface area contributed by atoms with Gasteiger partial charge >= 0.3 is 6.18 Å². The van der Waals surface area contributed by atoms with E-state index in [2.05, 4.69) is 4.99 Å². The predicted octanol–water partition coefficient (Wildman–Crippen LogP) is 3.70. The minimum atomic E-state index is -4.88. The van der Waals surface area contributed by atoms with E-state index >= 15 is 0 Å². The normalized spacial score (nSPS) is 17.4. The second-order valence-electron chi connectivity index (χ2n) is 8.60. The Labute approximate surface area is 171 Å². The van der Waals surface area contributed by atoms with Gasteiger partial charge < -0.3 is 14.4 Å². The average molecular weight is 420 g/mol. The number of aromatic nitrogens is 1. The Morgan fingerprint density at radius 1 is 1.23 bits per heavy atom. The van der Waals surface area contributed by atoms with Gasteiger partial charge in [-0.05, 0) is 17.4 Å². The molecule has 0 aliphatic carbocycles. The lowest BCUT2D eigenvalue weighted by molar-refractivity contribution is -0.271. The first-order chi connectivity index (χ1) is 14.0. The van der Waals surface area contributed by atoms with E-state index in [1.165, 1.54) is 23.0 Å². The zero-order chi connectivity index (χ0) is 21.7. The van der Waals surface area contributed by atoms with Gasteiger partial charge in [-0.25, -0.2) is 0 Å². The van der Waals surface area contributed by atoms with Crippen LogP contribution in [0.2, 0.25) is 0 Å². The molecule has 30 heavy (non-hydrogen) atoms. The topological polar surface area (TPSA) is 63.8 Å². The summed E-state index contributed by atoms with van der Waals surface area (Å²) in [5.41, 5.74) is -2.24. The number of rotatable bonds is 5. The molecule has 0 amide bonds. The number of para-hydroxylation sites is 1. The van der Waals surface area contributed by atoms with Crippen LogP contribution in [0.4, 0.5) is 18.9 Å². The van der Waals surface area contributed by atoms with Gasteiger partial charge in [-0.1, -0.05) is 32.0 Å². The van der Waals surface area contributed by atoms with Crippen LogP contribution < -0.4 is 10.2 Å². The van der Waals surface area contributed by atoms with Crippen molar-refractivity contribution in [3.05, 3.63) is 57.5 Å². The standard InChI is InChI=1S/C22H23F3N2O3/c1-20(2,15-5-3-4-14-8-11-30-19(14)15)12-21(29,22(23,24)25)13-27-10-7-17(28)18-16(27)6-9-26-18/h3-5,7,9-10,29H,6,8,11-13H2,1-2H3. The van der Waals surface area contributed by atoms with Crippen LogP contribution in [0, 0.1) is 0 Å². The van der Waals surface area contributed by atoms with Gasteiger partial charge in [-0.2, -0.15) is 13.2 Å². The number of aliphatic imine (C=N–C) groups is 1. The summed E-state index contributed by atoms with van der Waals surface area (Å²) in [6.07, 6.45) is -1.69. The molecule has 1 N–H and O–H groups in total. The highest BCUT2D eigenvalue weighted by atomic mass is 19.4. The number of aliphatic hydroxyl groups is 1.